The molecule has 1 fully saturated rings. The summed E-state index contributed by atoms with van der Waals surface area (Å²) in [6, 6.07) is -1.87. The normalized spacial score (nSPS) is 23.0. The van der Waals surface area contributed by atoms with Gasteiger partial charge in [0.15, 0.2) is 12.1 Å². The average Bonchev–Trinajstić information content (AvgIpc) is 3.00. The second-order valence-electron chi connectivity index (χ2n) is 2.81. The van der Waals surface area contributed by atoms with Gasteiger partial charge in [0.2, 0.25) is 0 Å². The Hall–Kier alpha value is -1.79. The van der Waals surface area contributed by atoms with E-state index in [-0.39, 0.29) is 0 Å². The smallest absolute Gasteiger partial charge is 0.411 e. The van der Waals surface area contributed by atoms with Crippen molar-refractivity contribution < 1.29 is 28.6 Å². The van der Waals surface area contributed by atoms with E-state index in [0.717, 1.165) is 12.0 Å². The summed E-state index contributed by atoms with van der Waals surface area (Å²) < 4.78 is 13.3. The molecule has 0 aromatic rings. The van der Waals surface area contributed by atoms with E-state index in [1.165, 1.54) is 14.2 Å². The number of hydrogen-bond acceptors (Lipinski definition) is 6. The Bertz CT molecular complexity index is 248. The van der Waals surface area contributed by atoms with Crippen molar-refractivity contribution in [2.45, 2.75) is 12.1 Å². The maximum absolute atomic E-state index is 11.2. The van der Waals surface area contributed by atoms with Crippen molar-refractivity contribution in [3.63, 3.8) is 0 Å². The van der Waals surface area contributed by atoms with Crippen LogP contribution < -0.4 is 0 Å². The lowest BCUT2D eigenvalue weighted by molar-refractivity contribution is -0.144. The maximum atomic E-state index is 11.2. The Morgan fingerprint density at radius 2 is 1.27 bits per heavy atom. The molecule has 1 heterocycles. The zero-order valence-corrected chi connectivity index (χ0v) is 8.55. The molecular weight excluding hydrogens is 206 g/mol. The van der Waals surface area contributed by atoms with Gasteiger partial charge < -0.3 is 14.2 Å². The molecule has 0 aromatic heterocycles. The van der Waals surface area contributed by atoms with Gasteiger partial charge in [-0.15, -0.1) is 0 Å². The van der Waals surface area contributed by atoms with E-state index in [0.29, 0.717) is 0 Å². The first-order valence-electron chi connectivity index (χ1n) is 4.10. The summed E-state index contributed by atoms with van der Waals surface area (Å²) in [5.74, 6) is -1.34. The lowest BCUT2D eigenvalue weighted by atomic mass is 10.3. The molecule has 1 saturated heterocycles. The summed E-state index contributed by atoms with van der Waals surface area (Å²) in [6.07, 6.45) is -0.763. The van der Waals surface area contributed by atoms with Crippen LogP contribution in [0.5, 0.6) is 0 Å². The van der Waals surface area contributed by atoms with Gasteiger partial charge in [-0.05, 0) is 0 Å². The predicted octanol–water partition coefficient (Wildman–Crippen LogP) is -0.848. The molecule has 2 atom stereocenters. The molecule has 0 spiro atoms. The number of nitrogens with zero attached hydrogens (tertiary/aromatic N) is 1. The summed E-state index contributed by atoms with van der Waals surface area (Å²) in [6.45, 7) is 0. The molecule has 15 heavy (non-hydrogen) atoms. The Morgan fingerprint density at radius 3 is 1.53 bits per heavy atom. The average molecular weight is 217 g/mol. The van der Waals surface area contributed by atoms with Crippen LogP contribution in [-0.2, 0) is 23.8 Å². The van der Waals surface area contributed by atoms with Crippen LogP contribution in [0.2, 0.25) is 0 Å². The highest BCUT2D eigenvalue weighted by atomic mass is 16.6. The maximum Gasteiger partial charge on any atom is 0.411 e. The quantitative estimate of drug-likeness (QED) is 0.340. The van der Waals surface area contributed by atoms with E-state index in [1.54, 1.807) is 0 Å². The summed E-state index contributed by atoms with van der Waals surface area (Å²) in [4.78, 5) is 34.4. The van der Waals surface area contributed by atoms with E-state index >= 15 is 0 Å². The molecular formula is C8H11NO6. The Labute approximate surface area is 85.9 Å². The molecule has 0 N–H and O–H groups in total. The zero-order chi connectivity index (χ0) is 11.6. The van der Waals surface area contributed by atoms with E-state index in [9.17, 15) is 14.4 Å². The molecule has 84 valence electrons. The Balaban J connectivity index is 2.75. The monoisotopic (exact) mass is 217 g/mol. The van der Waals surface area contributed by atoms with Crippen molar-refractivity contribution in [3.05, 3.63) is 0 Å². The van der Waals surface area contributed by atoms with Gasteiger partial charge in [0.1, 0.15) is 0 Å². The Morgan fingerprint density at radius 1 is 0.867 bits per heavy atom. The van der Waals surface area contributed by atoms with Crippen LogP contribution in [0, 0.1) is 0 Å². The molecule has 0 saturated carbocycles. The van der Waals surface area contributed by atoms with Crippen molar-refractivity contribution in [2.75, 3.05) is 21.3 Å². The van der Waals surface area contributed by atoms with Gasteiger partial charge in [0, 0.05) is 0 Å². The molecule has 1 aliphatic rings. The number of ether oxygens (including phenoxy) is 3. The van der Waals surface area contributed by atoms with Crippen molar-refractivity contribution in [1.82, 2.24) is 4.90 Å². The fourth-order valence-corrected chi connectivity index (χ4v) is 1.29. The first-order valence-corrected chi connectivity index (χ1v) is 4.10. The van der Waals surface area contributed by atoms with Crippen LogP contribution >= 0.6 is 0 Å². The molecule has 0 aromatic carbocycles. The number of rotatable bonds is 2. The second-order valence-corrected chi connectivity index (χ2v) is 2.81. The van der Waals surface area contributed by atoms with E-state index < -0.39 is 30.1 Å². The fourth-order valence-electron chi connectivity index (χ4n) is 1.29. The molecule has 0 aliphatic carbocycles. The molecule has 1 rings (SSSR count). The van der Waals surface area contributed by atoms with Crippen molar-refractivity contribution >= 4 is 18.0 Å². The van der Waals surface area contributed by atoms with Crippen molar-refractivity contribution in [1.29, 1.82) is 0 Å². The van der Waals surface area contributed by atoms with Gasteiger partial charge in [-0.1, -0.05) is 0 Å². The third-order valence-corrected chi connectivity index (χ3v) is 2.08. The molecule has 1 aliphatic heterocycles. The first-order chi connectivity index (χ1) is 7.08. The Kier molecular flexibility index (Phi) is 3.13. The van der Waals surface area contributed by atoms with Crippen LogP contribution in [0.4, 0.5) is 4.79 Å². The van der Waals surface area contributed by atoms with Crippen LogP contribution in [0.1, 0.15) is 0 Å². The largest absolute Gasteiger partial charge is 0.467 e. The minimum absolute atomic E-state index is 0.671. The van der Waals surface area contributed by atoms with Gasteiger partial charge in [-0.25, -0.2) is 14.4 Å². The standard InChI is InChI=1S/C8H11NO6/c1-13-6(10)4-5(7(11)14-2)9(4)8(12)15-3/h4-5H,1-3H3/t4-,5-/m0/s1. The highest BCUT2D eigenvalue weighted by Gasteiger charge is 2.62. The number of methoxy groups -OCH3 is 3. The molecule has 0 bridgehead atoms. The molecule has 7 nitrogen and oxygen atoms in total. The van der Waals surface area contributed by atoms with E-state index in [2.05, 4.69) is 14.2 Å². The minimum Gasteiger partial charge on any atom is -0.467 e. The van der Waals surface area contributed by atoms with Crippen LogP contribution in [0.25, 0.3) is 0 Å². The first kappa shape index (κ1) is 11.3. The van der Waals surface area contributed by atoms with Gasteiger partial charge >= 0.3 is 18.0 Å². The highest BCUT2D eigenvalue weighted by molar-refractivity contribution is 5.99. The zero-order valence-electron chi connectivity index (χ0n) is 8.55. The second kappa shape index (κ2) is 4.16. The van der Waals surface area contributed by atoms with Crippen molar-refractivity contribution in [3.8, 4) is 0 Å². The molecule has 0 unspecified atom stereocenters. The van der Waals surface area contributed by atoms with Gasteiger partial charge in [0.25, 0.3) is 0 Å². The molecule has 0 radical (unpaired) electrons. The molecule has 7 heteroatoms. The number of esters is 2. The number of carbonyl (C=O) groups is 3. The highest BCUT2D eigenvalue weighted by Crippen LogP contribution is 2.31. The lowest BCUT2D eigenvalue weighted by Crippen LogP contribution is -2.19. The number of hydrogen-bond donors (Lipinski definition) is 0. The fraction of sp³-hybridized carbons (Fsp3) is 0.625. The third kappa shape index (κ3) is 1.85. The topological polar surface area (TPSA) is 81.9 Å². The number of carbonyl (C=O) groups excluding carboxylic acids is 3. The van der Waals surface area contributed by atoms with Gasteiger partial charge in [0.05, 0.1) is 21.3 Å². The van der Waals surface area contributed by atoms with Gasteiger partial charge in [-0.2, -0.15) is 0 Å². The number of amides is 1. The van der Waals surface area contributed by atoms with E-state index in [1.807, 2.05) is 0 Å². The van der Waals surface area contributed by atoms with Crippen LogP contribution in [0.3, 0.4) is 0 Å². The summed E-state index contributed by atoms with van der Waals surface area (Å²) in [7, 11) is 3.50. The van der Waals surface area contributed by atoms with Crippen LogP contribution in [0.15, 0.2) is 0 Å². The van der Waals surface area contributed by atoms with Crippen LogP contribution in [-0.4, -0.2) is 56.3 Å². The van der Waals surface area contributed by atoms with E-state index in [4.69, 9.17) is 0 Å². The summed E-state index contributed by atoms with van der Waals surface area (Å²) in [5, 5.41) is 0. The van der Waals surface area contributed by atoms with Gasteiger partial charge in [-0.3, -0.25) is 4.90 Å². The summed E-state index contributed by atoms with van der Waals surface area (Å²) in [5.41, 5.74) is 0. The third-order valence-electron chi connectivity index (χ3n) is 2.08. The predicted molar refractivity (Wildman–Crippen MR) is 45.9 cm³/mol. The summed E-state index contributed by atoms with van der Waals surface area (Å²) >= 11 is 0. The molecule has 1 amide bonds. The SMILES string of the molecule is COC(=O)[C@@H]1[C@@H](C(=O)OC)N1C(=O)OC. The van der Waals surface area contributed by atoms with Crippen molar-refractivity contribution in [2.24, 2.45) is 0 Å². The lowest BCUT2D eigenvalue weighted by Gasteiger charge is -2.00. The minimum atomic E-state index is -0.935.